The maximum absolute atomic E-state index is 12.8. The highest BCUT2D eigenvalue weighted by Crippen LogP contribution is 2.22. The Morgan fingerprint density at radius 3 is 2.67 bits per heavy atom. The van der Waals surface area contributed by atoms with Crippen LogP contribution in [0.25, 0.3) is 10.9 Å². The minimum Gasteiger partial charge on any atom is -0.361 e. The standard InChI is InChI=1S/C20H28N4O.2ClH/c21-18(12-15-13-22-19-7-3-2-6-17(15)19)20(25)24-11-8-16(14-24)23-9-4-1-5-10-23;;/h2-3,6-7,13,16,18,22H,1,4-5,8-12,14,21H2;2*1H/t16?,18-;;/m0../s1. The SMILES string of the molecule is Cl.Cl.N[C@@H](Cc1c[nH]c2ccccc12)C(=O)N1CCC(N2CCCCC2)C1. The van der Waals surface area contributed by atoms with Crippen molar-refractivity contribution in [2.24, 2.45) is 5.73 Å². The Morgan fingerprint density at radius 1 is 1.15 bits per heavy atom. The number of H-pyrrole nitrogens is 1. The van der Waals surface area contributed by atoms with Gasteiger partial charge in [0.15, 0.2) is 0 Å². The summed E-state index contributed by atoms with van der Waals surface area (Å²) in [5, 5.41) is 1.17. The second kappa shape index (κ2) is 9.78. The molecule has 2 atom stereocenters. The molecule has 0 aliphatic carbocycles. The van der Waals surface area contributed by atoms with Gasteiger partial charge in [0.05, 0.1) is 6.04 Å². The van der Waals surface area contributed by atoms with Crippen LogP contribution in [0.3, 0.4) is 0 Å². The molecule has 0 bridgehead atoms. The number of hydrogen-bond donors (Lipinski definition) is 2. The first-order chi connectivity index (χ1) is 12.2. The van der Waals surface area contributed by atoms with Crippen molar-refractivity contribution < 1.29 is 4.79 Å². The molecule has 27 heavy (non-hydrogen) atoms. The molecule has 7 heteroatoms. The van der Waals surface area contributed by atoms with Gasteiger partial charge >= 0.3 is 0 Å². The number of nitrogens with zero attached hydrogens (tertiary/aromatic N) is 2. The number of benzene rings is 1. The fraction of sp³-hybridized carbons (Fsp3) is 0.550. The first-order valence-electron chi connectivity index (χ1n) is 9.56. The number of rotatable bonds is 4. The van der Waals surface area contributed by atoms with Crippen molar-refractivity contribution in [1.82, 2.24) is 14.8 Å². The number of aromatic nitrogens is 1. The highest BCUT2D eigenvalue weighted by atomic mass is 35.5. The van der Waals surface area contributed by atoms with E-state index in [0.29, 0.717) is 12.5 Å². The summed E-state index contributed by atoms with van der Waals surface area (Å²) in [6.45, 7) is 4.07. The number of hydrogen-bond acceptors (Lipinski definition) is 3. The summed E-state index contributed by atoms with van der Waals surface area (Å²) in [7, 11) is 0. The molecule has 2 saturated heterocycles. The smallest absolute Gasteiger partial charge is 0.239 e. The highest BCUT2D eigenvalue weighted by Gasteiger charge is 2.33. The van der Waals surface area contributed by atoms with Crippen LogP contribution in [0.1, 0.15) is 31.2 Å². The Kier molecular flexibility index (Phi) is 7.98. The number of amides is 1. The van der Waals surface area contributed by atoms with Crippen LogP contribution in [0.2, 0.25) is 0 Å². The predicted molar refractivity (Wildman–Crippen MR) is 115 cm³/mol. The predicted octanol–water partition coefficient (Wildman–Crippen LogP) is 2.97. The lowest BCUT2D eigenvalue weighted by atomic mass is 10.0. The van der Waals surface area contributed by atoms with E-state index >= 15 is 0 Å². The maximum atomic E-state index is 12.8. The number of aromatic amines is 1. The van der Waals surface area contributed by atoms with Crippen LogP contribution in [0.4, 0.5) is 0 Å². The monoisotopic (exact) mass is 412 g/mol. The quantitative estimate of drug-likeness (QED) is 0.810. The normalized spacial score (nSPS) is 21.5. The molecule has 1 unspecified atom stereocenters. The highest BCUT2D eigenvalue weighted by molar-refractivity contribution is 5.86. The molecule has 3 N–H and O–H groups in total. The van der Waals surface area contributed by atoms with Gasteiger partial charge in [0.2, 0.25) is 5.91 Å². The summed E-state index contributed by atoms with van der Waals surface area (Å²) in [6.07, 6.45) is 7.61. The van der Waals surface area contributed by atoms with Crippen molar-refractivity contribution in [2.45, 2.75) is 44.2 Å². The second-order valence-electron chi connectivity index (χ2n) is 7.49. The van der Waals surface area contributed by atoms with Crippen LogP contribution >= 0.6 is 24.8 Å². The number of nitrogens with two attached hydrogens (primary N) is 1. The number of para-hydroxylation sites is 1. The van der Waals surface area contributed by atoms with Crippen LogP contribution in [0.15, 0.2) is 30.5 Å². The van der Waals surface area contributed by atoms with E-state index in [9.17, 15) is 4.79 Å². The Balaban J connectivity index is 0.00000131. The number of piperidine rings is 1. The lowest BCUT2D eigenvalue weighted by molar-refractivity contribution is -0.131. The molecule has 150 valence electrons. The minimum atomic E-state index is -0.459. The summed E-state index contributed by atoms with van der Waals surface area (Å²) in [4.78, 5) is 20.6. The summed E-state index contributed by atoms with van der Waals surface area (Å²) < 4.78 is 0. The van der Waals surface area contributed by atoms with Gasteiger partial charge in [-0.05, 0) is 50.4 Å². The summed E-state index contributed by atoms with van der Waals surface area (Å²) in [5.41, 5.74) is 8.51. The van der Waals surface area contributed by atoms with E-state index < -0.39 is 6.04 Å². The molecule has 2 aromatic rings. The van der Waals surface area contributed by atoms with Crippen molar-refractivity contribution in [1.29, 1.82) is 0 Å². The Morgan fingerprint density at radius 2 is 1.89 bits per heavy atom. The molecule has 2 aliphatic rings. The Hall–Kier alpha value is -1.27. The average molecular weight is 413 g/mol. The zero-order valence-electron chi connectivity index (χ0n) is 15.6. The zero-order chi connectivity index (χ0) is 17.2. The van der Waals surface area contributed by atoms with E-state index in [0.717, 1.165) is 30.6 Å². The third-order valence-corrected chi connectivity index (χ3v) is 5.81. The van der Waals surface area contributed by atoms with Gasteiger partial charge in [0.25, 0.3) is 0 Å². The molecule has 2 fully saturated rings. The van der Waals surface area contributed by atoms with Crippen LogP contribution in [0, 0.1) is 0 Å². The van der Waals surface area contributed by atoms with Crippen LogP contribution in [-0.4, -0.2) is 59.0 Å². The van der Waals surface area contributed by atoms with Gasteiger partial charge < -0.3 is 15.6 Å². The topological polar surface area (TPSA) is 65.4 Å². The zero-order valence-corrected chi connectivity index (χ0v) is 17.2. The fourth-order valence-electron chi connectivity index (χ4n) is 4.38. The lowest BCUT2D eigenvalue weighted by Gasteiger charge is -2.32. The molecular formula is C20H30Cl2N4O. The van der Waals surface area contributed by atoms with Gasteiger partial charge in [-0.15, -0.1) is 24.8 Å². The fourth-order valence-corrected chi connectivity index (χ4v) is 4.38. The summed E-state index contributed by atoms with van der Waals surface area (Å²) in [6, 6.07) is 8.25. The van der Waals surface area contributed by atoms with E-state index in [1.54, 1.807) is 0 Å². The summed E-state index contributed by atoms with van der Waals surface area (Å²) >= 11 is 0. The van der Waals surface area contributed by atoms with Crippen LogP contribution in [-0.2, 0) is 11.2 Å². The number of halogens is 2. The number of likely N-dealkylation sites (tertiary alicyclic amines) is 2. The number of nitrogens with one attached hydrogen (secondary N) is 1. The van der Waals surface area contributed by atoms with Gasteiger partial charge in [0, 0.05) is 36.2 Å². The first kappa shape index (κ1) is 22.0. The van der Waals surface area contributed by atoms with Crippen LogP contribution in [0.5, 0.6) is 0 Å². The van der Waals surface area contributed by atoms with Gasteiger partial charge in [-0.2, -0.15) is 0 Å². The van der Waals surface area contributed by atoms with E-state index in [-0.39, 0.29) is 30.7 Å². The summed E-state index contributed by atoms with van der Waals surface area (Å²) in [5.74, 6) is 0.102. The number of carbonyl (C=O) groups excluding carboxylic acids is 1. The van der Waals surface area contributed by atoms with Gasteiger partial charge in [0.1, 0.15) is 0 Å². The van der Waals surface area contributed by atoms with E-state index in [1.165, 1.54) is 37.7 Å². The molecule has 0 spiro atoms. The van der Waals surface area contributed by atoms with Crippen molar-refractivity contribution in [3.63, 3.8) is 0 Å². The molecule has 0 saturated carbocycles. The van der Waals surface area contributed by atoms with E-state index in [2.05, 4.69) is 22.0 Å². The molecule has 1 aromatic heterocycles. The molecule has 0 radical (unpaired) electrons. The largest absolute Gasteiger partial charge is 0.361 e. The van der Waals surface area contributed by atoms with E-state index in [1.807, 2.05) is 23.2 Å². The molecule has 3 heterocycles. The Bertz CT molecular complexity index is 744. The molecular weight excluding hydrogens is 383 g/mol. The molecule has 2 aliphatic heterocycles. The average Bonchev–Trinajstić information content (AvgIpc) is 3.30. The Labute approximate surface area is 173 Å². The molecule has 1 aromatic carbocycles. The van der Waals surface area contributed by atoms with Crippen molar-refractivity contribution in [2.75, 3.05) is 26.2 Å². The molecule has 1 amide bonds. The lowest BCUT2D eigenvalue weighted by Crippen LogP contribution is -2.46. The number of carbonyl (C=O) groups is 1. The molecule has 4 rings (SSSR count). The van der Waals surface area contributed by atoms with Gasteiger partial charge in [-0.1, -0.05) is 24.6 Å². The third-order valence-electron chi connectivity index (χ3n) is 5.81. The first-order valence-corrected chi connectivity index (χ1v) is 9.56. The second-order valence-corrected chi connectivity index (χ2v) is 7.49. The van der Waals surface area contributed by atoms with Gasteiger partial charge in [-0.3, -0.25) is 9.69 Å². The third kappa shape index (κ3) is 4.77. The number of fused-ring (bicyclic) bond motifs is 1. The molecule has 5 nitrogen and oxygen atoms in total. The maximum Gasteiger partial charge on any atom is 0.239 e. The minimum absolute atomic E-state index is 0. The van der Waals surface area contributed by atoms with Crippen molar-refractivity contribution in [3.8, 4) is 0 Å². The van der Waals surface area contributed by atoms with Crippen molar-refractivity contribution >= 4 is 41.6 Å². The van der Waals surface area contributed by atoms with Gasteiger partial charge in [-0.25, -0.2) is 0 Å². The van der Waals surface area contributed by atoms with E-state index in [4.69, 9.17) is 5.73 Å². The van der Waals surface area contributed by atoms with Crippen molar-refractivity contribution in [3.05, 3.63) is 36.0 Å². The van der Waals surface area contributed by atoms with Crippen LogP contribution < -0.4 is 5.73 Å².